The van der Waals surface area contributed by atoms with Gasteiger partial charge in [0.1, 0.15) is 11.5 Å². The summed E-state index contributed by atoms with van der Waals surface area (Å²) < 4.78 is 10.8. The molecule has 0 aliphatic rings. The molecule has 3 heteroatoms. The van der Waals surface area contributed by atoms with E-state index >= 15 is 0 Å². The summed E-state index contributed by atoms with van der Waals surface area (Å²) in [6.07, 6.45) is 0. The number of methoxy groups -OCH3 is 2. The number of hydrogen-bond donors (Lipinski definition) is 1. The zero-order chi connectivity index (χ0) is 13.7. The lowest BCUT2D eigenvalue weighted by atomic mass is 10.1. The number of nitrogens with one attached hydrogen (secondary N) is 1. The number of anilines is 1. The summed E-state index contributed by atoms with van der Waals surface area (Å²) in [5.41, 5.74) is 3.36. The van der Waals surface area contributed by atoms with Gasteiger partial charge < -0.3 is 14.8 Å². The maximum atomic E-state index is 5.39. The number of rotatable bonds is 5. The van der Waals surface area contributed by atoms with E-state index in [4.69, 9.17) is 9.47 Å². The zero-order valence-corrected chi connectivity index (χ0v) is 11.6. The predicted octanol–water partition coefficient (Wildman–Crippen LogP) is 3.62. The highest BCUT2D eigenvalue weighted by molar-refractivity contribution is 5.53. The minimum atomic E-state index is 0.665. The largest absolute Gasteiger partial charge is 0.496 e. The van der Waals surface area contributed by atoms with Gasteiger partial charge in [-0.2, -0.15) is 0 Å². The standard InChI is InChI=1S/C16H19NO2/c1-12-7-4-5-8-14(12)17-11-13-15(18-2)9-6-10-16(13)19-3/h4-10,17H,11H2,1-3H3. The average molecular weight is 257 g/mol. The third kappa shape index (κ3) is 2.99. The Balaban J connectivity index is 2.21. The maximum Gasteiger partial charge on any atom is 0.127 e. The van der Waals surface area contributed by atoms with Crippen LogP contribution in [0.5, 0.6) is 11.5 Å². The second-order valence-corrected chi connectivity index (χ2v) is 4.31. The average Bonchev–Trinajstić information content (AvgIpc) is 2.46. The lowest BCUT2D eigenvalue weighted by Gasteiger charge is -2.15. The summed E-state index contributed by atoms with van der Waals surface area (Å²) >= 11 is 0. The normalized spacial score (nSPS) is 10.1. The van der Waals surface area contributed by atoms with Crippen molar-refractivity contribution in [2.45, 2.75) is 13.5 Å². The molecule has 0 unspecified atom stereocenters. The van der Waals surface area contributed by atoms with E-state index < -0.39 is 0 Å². The van der Waals surface area contributed by atoms with E-state index in [1.807, 2.05) is 30.3 Å². The van der Waals surface area contributed by atoms with E-state index in [0.717, 1.165) is 22.7 Å². The van der Waals surface area contributed by atoms with Crippen molar-refractivity contribution in [1.29, 1.82) is 0 Å². The van der Waals surface area contributed by atoms with Crippen LogP contribution in [0.3, 0.4) is 0 Å². The SMILES string of the molecule is COc1cccc(OC)c1CNc1ccccc1C. The van der Waals surface area contributed by atoms with Gasteiger partial charge in [0.25, 0.3) is 0 Å². The Labute approximate surface area is 114 Å². The molecule has 0 amide bonds. The van der Waals surface area contributed by atoms with Crippen LogP contribution in [0.25, 0.3) is 0 Å². The molecule has 0 aromatic heterocycles. The molecule has 3 nitrogen and oxygen atoms in total. The van der Waals surface area contributed by atoms with Crippen molar-refractivity contribution in [3.05, 3.63) is 53.6 Å². The minimum Gasteiger partial charge on any atom is -0.496 e. The van der Waals surface area contributed by atoms with Crippen LogP contribution >= 0.6 is 0 Å². The van der Waals surface area contributed by atoms with Gasteiger partial charge in [0, 0.05) is 12.2 Å². The van der Waals surface area contributed by atoms with Crippen LogP contribution in [-0.4, -0.2) is 14.2 Å². The van der Waals surface area contributed by atoms with E-state index in [1.165, 1.54) is 5.56 Å². The van der Waals surface area contributed by atoms with Crippen molar-refractivity contribution in [3.8, 4) is 11.5 Å². The third-order valence-electron chi connectivity index (χ3n) is 3.13. The van der Waals surface area contributed by atoms with Gasteiger partial charge in [-0.25, -0.2) is 0 Å². The van der Waals surface area contributed by atoms with Gasteiger partial charge in [-0.1, -0.05) is 24.3 Å². The fourth-order valence-electron chi connectivity index (χ4n) is 2.06. The van der Waals surface area contributed by atoms with Crippen molar-refractivity contribution >= 4 is 5.69 Å². The molecule has 2 rings (SSSR count). The molecular weight excluding hydrogens is 238 g/mol. The molecule has 1 N–H and O–H groups in total. The molecule has 2 aromatic rings. The second-order valence-electron chi connectivity index (χ2n) is 4.31. The van der Waals surface area contributed by atoms with Crippen LogP contribution in [0.1, 0.15) is 11.1 Å². The van der Waals surface area contributed by atoms with E-state index in [-0.39, 0.29) is 0 Å². The highest BCUT2D eigenvalue weighted by atomic mass is 16.5. The smallest absolute Gasteiger partial charge is 0.127 e. The van der Waals surface area contributed by atoms with E-state index in [1.54, 1.807) is 14.2 Å². The number of ether oxygens (including phenoxy) is 2. The summed E-state index contributed by atoms with van der Waals surface area (Å²) in [5.74, 6) is 1.67. The van der Waals surface area contributed by atoms with Crippen molar-refractivity contribution in [2.75, 3.05) is 19.5 Å². The quantitative estimate of drug-likeness (QED) is 0.887. The highest BCUT2D eigenvalue weighted by Crippen LogP contribution is 2.29. The summed E-state index contributed by atoms with van der Waals surface area (Å²) in [6.45, 7) is 2.75. The Hall–Kier alpha value is -2.16. The molecule has 0 atom stereocenters. The Bertz CT molecular complexity index is 530. The molecule has 0 saturated carbocycles. The first-order valence-corrected chi connectivity index (χ1v) is 6.25. The van der Waals surface area contributed by atoms with Gasteiger partial charge in [0.05, 0.1) is 19.8 Å². The van der Waals surface area contributed by atoms with Crippen LogP contribution < -0.4 is 14.8 Å². The maximum absolute atomic E-state index is 5.39. The molecule has 0 radical (unpaired) electrons. The minimum absolute atomic E-state index is 0.665. The Morgan fingerprint density at radius 2 is 1.53 bits per heavy atom. The van der Waals surface area contributed by atoms with E-state index in [2.05, 4.69) is 24.4 Å². The molecule has 0 bridgehead atoms. The summed E-state index contributed by atoms with van der Waals surface area (Å²) in [5, 5.41) is 3.42. The highest BCUT2D eigenvalue weighted by Gasteiger charge is 2.09. The molecule has 2 aromatic carbocycles. The molecule has 0 saturated heterocycles. The molecule has 0 aliphatic heterocycles. The van der Waals surface area contributed by atoms with Crippen LogP contribution in [0, 0.1) is 6.92 Å². The van der Waals surface area contributed by atoms with Gasteiger partial charge in [-0.3, -0.25) is 0 Å². The lowest BCUT2D eigenvalue weighted by molar-refractivity contribution is 0.386. The predicted molar refractivity (Wildman–Crippen MR) is 78.1 cm³/mol. The molecule has 19 heavy (non-hydrogen) atoms. The summed E-state index contributed by atoms with van der Waals surface area (Å²) in [6, 6.07) is 14.0. The first-order chi connectivity index (χ1) is 9.26. The number of hydrogen-bond acceptors (Lipinski definition) is 3. The number of benzene rings is 2. The molecule has 0 heterocycles. The molecule has 0 fully saturated rings. The Morgan fingerprint density at radius 3 is 2.11 bits per heavy atom. The fraction of sp³-hybridized carbons (Fsp3) is 0.250. The van der Waals surface area contributed by atoms with Crippen molar-refractivity contribution in [3.63, 3.8) is 0 Å². The topological polar surface area (TPSA) is 30.5 Å². The number of para-hydroxylation sites is 1. The van der Waals surface area contributed by atoms with Gasteiger partial charge in [0.15, 0.2) is 0 Å². The van der Waals surface area contributed by atoms with Gasteiger partial charge in [-0.15, -0.1) is 0 Å². The molecule has 100 valence electrons. The molecule has 0 aliphatic carbocycles. The lowest BCUT2D eigenvalue weighted by Crippen LogP contribution is -2.04. The van der Waals surface area contributed by atoms with E-state index in [9.17, 15) is 0 Å². The third-order valence-corrected chi connectivity index (χ3v) is 3.13. The van der Waals surface area contributed by atoms with Gasteiger partial charge >= 0.3 is 0 Å². The number of aryl methyl sites for hydroxylation is 1. The van der Waals surface area contributed by atoms with Crippen LogP contribution in [0.2, 0.25) is 0 Å². The Kier molecular flexibility index (Phi) is 4.29. The zero-order valence-electron chi connectivity index (χ0n) is 11.6. The molecule has 0 spiro atoms. The van der Waals surface area contributed by atoms with Gasteiger partial charge in [0.2, 0.25) is 0 Å². The van der Waals surface area contributed by atoms with Crippen LogP contribution in [-0.2, 0) is 6.54 Å². The van der Waals surface area contributed by atoms with Crippen molar-refractivity contribution < 1.29 is 9.47 Å². The summed E-state index contributed by atoms with van der Waals surface area (Å²) in [4.78, 5) is 0. The van der Waals surface area contributed by atoms with Crippen molar-refractivity contribution in [1.82, 2.24) is 0 Å². The Morgan fingerprint density at radius 1 is 0.895 bits per heavy atom. The first-order valence-electron chi connectivity index (χ1n) is 6.25. The fourth-order valence-corrected chi connectivity index (χ4v) is 2.06. The molecular formula is C16H19NO2. The monoisotopic (exact) mass is 257 g/mol. The van der Waals surface area contributed by atoms with Crippen LogP contribution in [0.4, 0.5) is 5.69 Å². The van der Waals surface area contributed by atoms with Crippen LogP contribution in [0.15, 0.2) is 42.5 Å². The van der Waals surface area contributed by atoms with Crippen molar-refractivity contribution in [2.24, 2.45) is 0 Å². The second kappa shape index (κ2) is 6.14. The van der Waals surface area contributed by atoms with E-state index in [0.29, 0.717) is 6.54 Å². The first kappa shape index (κ1) is 13.3. The summed E-state index contributed by atoms with van der Waals surface area (Å²) in [7, 11) is 3.35. The van der Waals surface area contributed by atoms with Gasteiger partial charge in [-0.05, 0) is 30.7 Å².